The second kappa shape index (κ2) is 6.15. The Labute approximate surface area is 134 Å². The fraction of sp³-hybridized carbons (Fsp3) is 0.500. The number of carbonyl (C=O) groups excluding carboxylic acids is 1. The number of halogens is 2. The second-order valence-corrected chi connectivity index (χ2v) is 8.61. The number of hydrogen-bond donors (Lipinski definition) is 0. The van der Waals surface area contributed by atoms with Gasteiger partial charge in [-0.3, -0.25) is 4.79 Å². The van der Waals surface area contributed by atoms with Crippen molar-refractivity contribution >= 4 is 37.2 Å². The van der Waals surface area contributed by atoms with E-state index in [9.17, 15) is 13.2 Å². The van der Waals surface area contributed by atoms with Crippen LogP contribution in [0, 0.1) is 5.92 Å². The van der Waals surface area contributed by atoms with Crippen molar-refractivity contribution in [1.82, 2.24) is 4.90 Å². The van der Waals surface area contributed by atoms with Gasteiger partial charge in [-0.05, 0) is 50.8 Å². The average Bonchev–Trinajstić information content (AvgIpc) is 3.17. The number of rotatable bonds is 5. The first-order valence-electron chi connectivity index (χ1n) is 6.74. The Morgan fingerprint density at radius 3 is 2.43 bits per heavy atom. The van der Waals surface area contributed by atoms with Crippen molar-refractivity contribution in [1.29, 1.82) is 0 Å². The van der Waals surface area contributed by atoms with E-state index in [1.54, 1.807) is 4.90 Å². The van der Waals surface area contributed by atoms with Gasteiger partial charge in [0.25, 0.3) is 15.0 Å². The SMILES string of the molecule is CC(C)N(CC1CC1)C(=O)c1cc(Cl)cc(S(=O)(=O)Cl)c1. The summed E-state index contributed by atoms with van der Waals surface area (Å²) in [5.74, 6) is 0.327. The van der Waals surface area contributed by atoms with Crippen molar-refractivity contribution in [3.63, 3.8) is 0 Å². The van der Waals surface area contributed by atoms with Crippen LogP contribution in [0.4, 0.5) is 0 Å². The maximum Gasteiger partial charge on any atom is 0.261 e. The molecule has 1 aliphatic rings. The molecule has 1 aliphatic carbocycles. The lowest BCUT2D eigenvalue weighted by Gasteiger charge is -2.27. The van der Waals surface area contributed by atoms with Crippen LogP contribution in [0.5, 0.6) is 0 Å². The third-order valence-corrected chi connectivity index (χ3v) is 4.99. The average molecular weight is 350 g/mol. The number of amides is 1. The van der Waals surface area contributed by atoms with Gasteiger partial charge in [-0.25, -0.2) is 8.42 Å². The van der Waals surface area contributed by atoms with E-state index < -0.39 is 9.05 Å². The van der Waals surface area contributed by atoms with Gasteiger partial charge >= 0.3 is 0 Å². The molecule has 0 radical (unpaired) electrons. The zero-order valence-electron chi connectivity index (χ0n) is 11.8. The molecule has 0 unspecified atom stereocenters. The van der Waals surface area contributed by atoms with Crippen molar-refractivity contribution in [2.24, 2.45) is 5.92 Å². The van der Waals surface area contributed by atoms with E-state index >= 15 is 0 Å². The zero-order valence-corrected chi connectivity index (χ0v) is 14.2. The largest absolute Gasteiger partial charge is 0.336 e. The summed E-state index contributed by atoms with van der Waals surface area (Å²) in [6.45, 7) is 4.56. The van der Waals surface area contributed by atoms with Crippen molar-refractivity contribution in [2.75, 3.05) is 6.54 Å². The summed E-state index contributed by atoms with van der Waals surface area (Å²) >= 11 is 5.91. The lowest BCUT2D eigenvalue weighted by molar-refractivity contribution is 0.0696. The zero-order chi connectivity index (χ0) is 15.8. The van der Waals surface area contributed by atoms with Crippen molar-refractivity contribution in [3.05, 3.63) is 28.8 Å². The topological polar surface area (TPSA) is 54.5 Å². The highest BCUT2D eigenvalue weighted by Crippen LogP contribution is 2.31. The molecule has 0 saturated heterocycles. The second-order valence-electron chi connectivity index (χ2n) is 5.61. The van der Waals surface area contributed by atoms with E-state index in [-0.39, 0.29) is 27.4 Å². The van der Waals surface area contributed by atoms with Crippen LogP contribution in [-0.4, -0.2) is 31.8 Å². The summed E-state index contributed by atoms with van der Waals surface area (Å²) in [6, 6.07) is 4.02. The van der Waals surface area contributed by atoms with Gasteiger partial charge in [-0.2, -0.15) is 0 Å². The van der Waals surface area contributed by atoms with E-state index in [0.29, 0.717) is 12.5 Å². The Kier molecular flexibility index (Phi) is 4.85. The Balaban J connectivity index is 2.34. The van der Waals surface area contributed by atoms with Gasteiger partial charge < -0.3 is 4.90 Å². The van der Waals surface area contributed by atoms with Crippen LogP contribution in [0.2, 0.25) is 5.02 Å². The highest BCUT2D eigenvalue weighted by Gasteiger charge is 2.29. The monoisotopic (exact) mass is 349 g/mol. The molecule has 0 N–H and O–H groups in total. The lowest BCUT2D eigenvalue weighted by Crippen LogP contribution is -2.38. The molecule has 0 aromatic heterocycles. The highest BCUT2D eigenvalue weighted by molar-refractivity contribution is 8.13. The van der Waals surface area contributed by atoms with Gasteiger partial charge in [0.05, 0.1) is 4.90 Å². The molecule has 0 spiro atoms. The molecule has 1 saturated carbocycles. The van der Waals surface area contributed by atoms with Gasteiger partial charge in [0.1, 0.15) is 0 Å². The maximum absolute atomic E-state index is 12.6. The molecule has 4 nitrogen and oxygen atoms in total. The predicted molar refractivity (Wildman–Crippen MR) is 83.4 cm³/mol. The molecule has 21 heavy (non-hydrogen) atoms. The molecular formula is C14H17Cl2NO3S. The quantitative estimate of drug-likeness (QED) is 0.764. The van der Waals surface area contributed by atoms with Crippen molar-refractivity contribution < 1.29 is 13.2 Å². The minimum Gasteiger partial charge on any atom is -0.336 e. The Morgan fingerprint density at radius 1 is 1.33 bits per heavy atom. The Hall–Kier alpha value is -0.780. The van der Waals surface area contributed by atoms with Crippen LogP contribution in [0.25, 0.3) is 0 Å². The van der Waals surface area contributed by atoms with Gasteiger partial charge in [0.15, 0.2) is 0 Å². The van der Waals surface area contributed by atoms with Crippen molar-refractivity contribution in [2.45, 2.75) is 37.6 Å². The van der Waals surface area contributed by atoms with Gasteiger partial charge in [0.2, 0.25) is 0 Å². The fourth-order valence-electron chi connectivity index (χ4n) is 2.10. The molecule has 0 atom stereocenters. The summed E-state index contributed by atoms with van der Waals surface area (Å²) in [5, 5.41) is 0.176. The molecule has 0 bridgehead atoms. The molecule has 1 aromatic carbocycles. The van der Waals surface area contributed by atoms with E-state index in [4.69, 9.17) is 22.3 Å². The smallest absolute Gasteiger partial charge is 0.261 e. The van der Waals surface area contributed by atoms with E-state index in [1.165, 1.54) is 18.2 Å². The van der Waals surface area contributed by atoms with Crippen molar-refractivity contribution in [3.8, 4) is 0 Å². The molecule has 0 aliphatic heterocycles. The normalized spacial score (nSPS) is 15.3. The van der Waals surface area contributed by atoms with Crippen LogP contribution in [0.1, 0.15) is 37.0 Å². The summed E-state index contributed by atoms with van der Waals surface area (Å²) in [7, 11) is 1.41. The van der Waals surface area contributed by atoms with Gasteiger partial charge in [-0.15, -0.1) is 0 Å². The predicted octanol–water partition coefficient (Wildman–Crippen LogP) is 3.53. The fourth-order valence-corrected chi connectivity index (χ4v) is 3.20. The molecule has 1 fully saturated rings. The molecule has 116 valence electrons. The standard InChI is InChI=1S/C14H17Cl2NO3S/c1-9(2)17(8-10-3-4-10)14(18)11-5-12(15)7-13(6-11)21(16,19)20/h5-7,9-10H,3-4,8H2,1-2H3. The highest BCUT2D eigenvalue weighted by atomic mass is 35.7. The molecule has 1 aromatic rings. The first-order chi connectivity index (χ1) is 9.68. The number of carbonyl (C=O) groups is 1. The van der Waals surface area contributed by atoms with E-state index in [0.717, 1.165) is 12.8 Å². The third kappa shape index (κ3) is 4.34. The number of hydrogen-bond acceptors (Lipinski definition) is 3. The Bertz CT molecular complexity index is 654. The Morgan fingerprint density at radius 2 is 1.95 bits per heavy atom. The minimum atomic E-state index is -3.92. The van der Waals surface area contributed by atoms with Gasteiger partial charge in [-0.1, -0.05) is 11.6 Å². The van der Waals surface area contributed by atoms with Crippen LogP contribution in [-0.2, 0) is 9.05 Å². The molecule has 1 amide bonds. The third-order valence-electron chi connectivity index (χ3n) is 3.44. The molecule has 7 heteroatoms. The summed E-state index contributed by atoms with van der Waals surface area (Å²) in [5.41, 5.74) is 0.246. The summed E-state index contributed by atoms with van der Waals surface area (Å²) in [4.78, 5) is 14.2. The maximum atomic E-state index is 12.6. The minimum absolute atomic E-state index is 0.0353. The number of benzene rings is 1. The van der Waals surface area contributed by atoms with E-state index in [1.807, 2.05) is 13.8 Å². The van der Waals surface area contributed by atoms with Gasteiger partial charge in [0, 0.05) is 33.9 Å². The van der Waals surface area contributed by atoms with Crippen LogP contribution < -0.4 is 0 Å². The summed E-state index contributed by atoms with van der Waals surface area (Å²) in [6.07, 6.45) is 2.26. The molecule has 0 heterocycles. The van der Waals surface area contributed by atoms with Crippen LogP contribution in [0.15, 0.2) is 23.1 Å². The number of nitrogens with zero attached hydrogens (tertiary/aromatic N) is 1. The first kappa shape index (κ1) is 16.6. The van der Waals surface area contributed by atoms with Crippen LogP contribution >= 0.6 is 22.3 Å². The van der Waals surface area contributed by atoms with Crippen LogP contribution in [0.3, 0.4) is 0 Å². The summed E-state index contributed by atoms with van der Waals surface area (Å²) < 4.78 is 22.9. The molecular weight excluding hydrogens is 333 g/mol. The lowest BCUT2D eigenvalue weighted by atomic mass is 10.1. The molecule has 2 rings (SSSR count). The first-order valence-corrected chi connectivity index (χ1v) is 9.43. The van der Waals surface area contributed by atoms with E-state index in [2.05, 4.69) is 0 Å².